The number of carbonyl (C=O) groups is 2. The van der Waals surface area contributed by atoms with Crippen molar-refractivity contribution in [3.05, 3.63) is 29.3 Å². The largest absolute Gasteiger partial charge is 0.371 e. The van der Waals surface area contributed by atoms with Crippen molar-refractivity contribution in [2.75, 3.05) is 31.1 Å². The molecule has 2 rings (SSSR count). The van der Waals surface area contributed by atoms with Gasteiger partial charge in [-0.15, -0.1) is 0 Å². The van der Waals surface area contributed by atoms with Crippen LogP contribution in [0.15, 0.2) is 18.2 Å². The summed E-state index contributed by atoms with van der Waals surface area (Å²) < 4.78 is 0. The summed E-state index contributed by atoms with van der Waals surface area (Å²) in [6.45, 7) is 14.3. The van der Waals surface area contributed by atoms with Gasteiger partial charge in [0.1, 0.15) is 0 Å². The van der Waals surface area contributed by atoms with E-state index in [4.69, 9.17) is 0 Å². The molecule has 0 aliphatic carbocycles. The highest BCUT2D eigenvalue weighted by Gasteiger charge is 2.25. The first-order valence-corrected chi connectivity index (χ1v) is 12.1. The number of hydrogen-bond acceptors (Lipinski definition) is 4. The van der Waals surface area contributed by atoms with Crippen molar-refractivity contribution < 1.29 is 9.59 Å². The minimum absolute atomic E-state index is 0.0393. The van der Waals surface area contributed by atoms with Crippen molar-refractivity contribution in [3.8, 4) is 0 Å². The number of hydrogen-bond donors (Lipinski definition) is 0. The maximum atomic E-state index is 12.7. The number of carbonyl (C=O) groups excluding carboxylic acids is 2. The first kappa shape index (κ1) is 24.6. The first-order chi connectivity index (χ1) is 14.4. The molecule has 4 heteroatoms. The number of Topliss-reactive ketones (excluding diaryl/α,β-unsaturated/α-hetero) is 2. The molecule has 1 heterocycles. The fourth-order valence-electron chi connectivity index (χ4n) is 4.55. The second kappa shape index (κ2) is 12.2. The highest BCUT2D eigenvalue weighted by Crippen LogP contribution is 2.27. The van der Waals surface area contributed by atoms with E-state index in [2.05, 4.69) is 23.6 Å². The summed E-state index contributed by atoms with van der Waals surface area (Å²) in [7, 11) is 0. The smallest absolute Gasteiger partial charge is 0.166 e. The molecule has 1 aliphatic rings. The number of benzene rings is 1. The monoisotopic (exact) mass is 414 g/mol. The molecule has 0 atom stereocenters. The molecule has 0 aromatic heterocycles. The normalized spacial score (nSPS) is 15.2. The van der Waals surface area contributed by atoms with Crippen molar-refractivity contribution in [1.82, 2.24) is 4.90 Å². The van der Waals surface area contributed by atoms with Crippen LogP contribution in [0.1, 0.15) is 100 Å². The van der Waals surface area contributed by atoms with Crippen LogP contribution in [0.3, 0.4) is 0 Å². The van der Waals surface area contributed by atoms with E-state index in [0.29, 0.717) is 17.2 Å². The summed E-state index contributed by atoms with van der Waals surface area (Å²) in [4.78, 5) is 29.8. The number of piperidine rings is 1. The average Bonchev–Trinajstić information content (AvgIpc) is 2.75. The molecule has 0 amide bonds. The van der Waals surface area contributed by atoms with Crippen molar-refractivity contribution in [3.63, 3.8) is 0 Å². The van der Waals surface area contributed by atoms with Crippen LogP contribution in [0, 0.1) is 5.92 Å². The summed E-state index contributed by atoms with van der Waals surface area (Å²) >= 11 is 0. The van der Waals surface area contributed by atoms with Gasteiger partial charge in [0.25, 0.3) is 0 Å². The van der Waals surface area contributed by atoms with Crippen LogP contribution in [0.4, 0.5) is 5.69 Å². The van der Waals surface area contributed by atoms with Crippen LogP contribution in [0.25, 0.3) is 0 Å². The third-order valence-electron chi connectivity index (χ3n) is 6.33. The Balaban J connectivity index is 2.05. The molecular formula is C26H42N2O2. The number of anilines is 1. The van der Waals surface area contributed by atoms with Gasteiger partial charge in [0.15, 0.2) is 11.6 Å². The van der Waals surface area contributed by atoms with E-state index in [1.54, 1.807) is 6.92 Å². The van der Waals surface area contributed by atoms with Gasteiger partial charge in [-0.25, -0.2) is 0 Å². The fraction of sp³-hybridized carbons (Fsp3) is 0.692. The highest BCUT2D eigenvalue weighted by atomic mass is 16.1. The van der Waals surface area contributed by atoms with E-state index in [1.807, 2.05) is 32.0 Å². The SMILES string of the molecule is CCCCCCN(CCC)C1CCN(c2ccc(C(C)=O)c(C(=O)C(C)C)c2)CC1. The van der Waals surface area contributed by atoms with E-state index < -0.39 is 0 Å². The summed E-state index contributed by atoms with van der Waals surface area (Å²) in [5.74, 6) is -0.0972. The van der Waals surface area contributed by atoms with E-state index >= 15 is 0 Å². The zero-order chi connectivity index (χ0) is 22.1. The number of nitrogens with zero attached hydrogens (tertiary/aromatic N) is 2. The second-order valence-corrected chi connectivity index (χ2v) is 9.12. The van der Waals surface area contributed by atoms with Crippen molar-refractivity contribution in [1.29, 1.82) is 0 Å². The Morgan fingerprint density at radius 2 is 1.70 bits per heavy atom. The van der Waals surface area contributed by atoms with E-state index in [-0.39, 0.29) is 17.5 Å². The van der Waals surface area contributed by atoms with Gasteiger partial charge in [0, 0.05) is 41.9 Å². The molecule has 1 aromatic carbocycles. The third-order valence-corrected chi connectivity index (χ3v) is 6.33. The minimum atomic E-state index is -0.112. The van der Waals surface area contributed by atoms with Gasteiger partial charge < -0.3 is 9.80 Å². The molecule has 0 radical (unpaired) electrons. The predicted octanol–water partition coefficient (Wildman–Crippen LogP) is 5.99. The quantitative estimate of drug-likeness (QED) is 0.311. The summed E-state index contributed by atoms with van der Waals surface area (Å²) in [5, 5.41) is 0. The lowest BCUT2D eigenvalue weighted by molar-refractivity contribution is 0.0927. The molecule has 168 valence electrons. The molecule has 4 nitrogen and oxygen atoms in total. The van der Waals surface area contributed by atoms with Gasteiger partial charge in [-0.3, -0.25) is 9.59 Å². The maximum absolute atomic E-state index is 12.7. The first-order valence-electron chi connectivity index (χ1n) is 12.1. The lowest BCUT2D eigenvalue weighted by Crippen LogP contribution is -2.45. The molecule has 1 aliphatic heterocycles. The Labute approximate surface area is 184 Å². The lowest BCUT2D eigenvalue weighted by Gasteiger charge is -2.39. The Morgan fingerprint density at radius 3 is 2.27 bits per heavy atom. The topological polar surface area (TPSA) is 40.6 Å². The van der Waals surface area contributed by atoms with Crippen LogP contribution in [-0.4, -0.2) is 48.7 Å². The third kappa shape index (κ3) is 6.66. The summed E-state index contributed by atoms with van der Waals surface area (Å²) in [6, 6.07) is 6.48. The highest BCUT2D eigenvalue weighted by molar-refractivity contribution is 6.09. The summed E-state index contributed by atoms with van der Waals surface area (Å²) in [6.07, 6.45) is 8.81. The van der Waals surface area contributed by atoms with E-state index in [0.717, 1.165) is 31.6 Å². The summed E-state index contributed by atoms with van der Waals surface area (Å²) in [5.41, 5.74) is 2.21. The van der Waals surface area contributed by atoms with Crippen molar-refractivity contribution in [2.45, 2.75) is 85.6 Å². The van der Waals surface area contributed by atoms with Crippen LogP contribution in [0.5, 0.6) is 0 Å². The second-order valence-electron chi connectivity index (χ2n) is 9.12. The molecule has 1 aromatic rings. The average molecular weight is 415 g/mol. The van der Waals surface area contributed by atoms with E-state index in [9.17, 15) is 9.59 Å². The zero-order valence-electron chi connectivity index (χ0n) is 19.9. The van der Waals surface area contributed by atoms with Gasteiger partial charge in [0.05, 0.1) is 0 Å². The van der Waals surface area contributed by atoms with Crippen LogP contribution in [0.2, 0.25) is 0 Å². The predicted molar refractivity (Wildman–Crippen MR) is 127 cm³/mol. The minimum Gasteiger partial charge on any atom is -0.371 e. The Morgan fingerprint density at radius 1 is 1.00 bits per heavy atom. The molecule has 1 fully saturated rings. The fourth-order valence-corrected chi connectivity index (χ4v) is 4.55. The standard InChI is InChI=1S/C26H42N2O2/c1-6-8-9-10-16-27(15-7-2)22-13-17-28(18-14-22)23-11-12-24(21(5)29)25(19-23)26(30)20(3)4/h11-12,19-20,22H,6-10,13-18H2,1-5H3. The number of unbranched alkanes of at least 4 members (excludes halogenated alkanes) is 3. The number of rotatable bonds is 12. The van der Waals surface area contributed by atoms with Crippen molar-refractivity contribution in [2.24, 2.45) is 5.92 Å². The molecule has 0 saturated carbocycles. The Bertz CT molecular complexity index is 690. The molecule has 0 unspecified atom stereocenters. The van der Waals surface area contributed by atoms with Gasteiger partial charge in [-0.05, 0) is 63.9 Å². The molecular weight excluding hydrogens is 372 g/mol. The van der Waals surface area contributed by atoms with Gasteiger partial charge >= 0.3 is 0 Å². The molecule has 0 N–H and O–H groups in total. The maximum Gasteiger partial charge on any atom is 0.166 e. The lowest BCUT2D eigenvalue weighted by atomic mass is 9.93. The van der Waals surface area contributed by atoms with Gasteiger partial charge in [0.2, 0.25) is 0 Å². The molecule has 1 saturated heterocycles. The van der Waals surface area contributed by atoms with Gasteiger partial charge in [-0.1, -0.05) is 47.0 Å². The Kier molecular flexibility index (Phi) is 10.0. The molecule has 0 bridgehead atoms. The van der Waals surface area contributed by atoms with Gasteiger partial charge in [-0.2, -0.15) is 0 Å². The Hall–Kier alpha value is -1.68. The molecule has 30 heavy (non-hydrogen) atoms. The number of ketones is 2. The van der Waals surface area contributed by atoms with E-state index in [1.165, 1.54) is 45.2 Å². The van der Waals surface area contributed by atoms with Crippen molar-refractivity contribution >= 4 is 17.3 Å². The van der Waals surface area contributed by atoms with Crippen LogP contribution < -0.4 is 4.90 Å². The van der Waals surface area contributed by atoms with Crippen LogP contribution >= 0.6 is 0 Å². The molecule has 0 spiro atoms. The van der Waals surface area contributed by atoms with Crippen LogP contribution in [-0.2, 0) is 0 Å². The zero-order valence-corrected chi connectivity index (χ0v) is 19.9.